The summed E-state index contributed by atoms with van der Waals surface area (Å²) in [6, 6.07) is 4.09. The first-order valence-electron chi connectivity index (χ1n) is 9.84. The van der Waals surface area contributed by atoms with Crippen LogP contribution in [0.3, 0.4) is 0 Å². The Morgan fingerprint density at radius 2 is 1.82 bits per heavy atom. The number of unbranched alkanes of at least 4 members (excludes halogenated alkanes) is 1. The van der Waals surface area contributed by atoms with Crippen molar-refractivity contribution >= 4 is 11.2 Å². The van der Waals surface area contributed by atoms with E-state index in [0.29, 0.717) is 11.8 Å². The Balaban J connectivity index is 2.02. The zero-order chi connectivity index (χ0) is 20.3. The van der Waals surface area contributed by atoms with Gasteiger partial charge in [0.25, 0.3) is 0 Å². The molecule has 0 aliphatic carbocycles. The molecule has 0 saturated carbocycles. The molecule has 0 radical (unpaired) electrons. The number of rotatable bonds is 8. The van der Waals surface area contributed by atoms with Gasteiger partial charge in [0.2, 0.25) is 5.88 Å². The van der Waals surface area contributed by atoms with Crippen molar-refractivity contribution in [2.45, 2.75) is 53.0 Å². The summed E-state index contributed by atoms with van der Waals surface area (Å²) >= 11 is 0. The molecule has 3 rings (SSSR count). The van der Waals surface area contributed by atoms with Gasteiger partial charge in [-0.2, -0.15) is 0 Å². The maximum absolute atomic E-state index is 5.57. The van der Waals surface area contributed by atoms with Crippen LogP contribution in [-0.2, 0) is 11.3 Å². The first-order chi connectivity index (χ1) is 13.5. The third kappa shape index (κ3) is 4.02. The summed E-state index contributed by atoms with van der Waals surface area (Å²) in [5.41, 5.74) is 6.58. The highest BCUT2D eigenvalue weighted by Crippen LogP contribution is 2.32. The van der Waals surface area contributed by atoms with Gasteiger partial charge in [-0.1, -0.05) is 13.8 Å². The molecule has 3 heterocycles. The summed E-state index contributed by atoms with van der Waals surface area (Å²) < 4.78 is 12.9. The maximum atomic E-state index is 5.57. The second kappa shape index (κ2) is 8.69. The normalized spacial score (nSPS) is 11.5. The van der Waals surface area contributed by atoms with Crippen LogP contribution in [-0.4, -0.2) is 40.3 Å². The number of ether oxygens (including phenoxy) is 2. The van der Waals surface area contributed by atoms with E-state index in [1.807, 2.05) is 19.1 Å². The number of hydrogen-bond acceptors (Lipinski definition) is 5. The van der Waals surface area contributed by atoms with E-state index in [2.05, 4.69) is 36.5 Å². The summed E-state index contributed by atoms with van der Waals surface area (Å²) in [5.74, 6) is 0.937. The van der Waals surface area contributed by atoms with Crippen LogP contribution >= 0.6 is 0 Å². The number of aryl methyl sites for hydroxylation is 3. The molecule has 0 bridgehead atoms. The summed E-state index contributed by atoms with van der Waals surface area (Å²) in [4.78, 5) is 14.5. The second-order valence-corrected chi connectivity index (χ2v) is 7.48. The van der Waals surface area contributed by atoms with Crippen molar-refractivity contribution in [1.29, 1.82) is 0 Å². The molecule has 0 saturated heterocycles. The lowest BCUT2D eigenvalue weighted by atomic mass is 10.1. The zero-order valence-corrected chi connectivity index (χ0v) is 17.7. The second-order valence-electron chi connectivity index (χ2n) is 7.48. The number of nitrogens with zero attached hydrogens (tertiary/aromatic N) is 4. The average molecular weight is 383 g/mol. The van der Waals surface area contributed by atoms with Crippen LogP contribution in [0.2, 0.25) is 0 Å². The molecule has 3 aromatic rings. The van der Waals surface area contributed by atoms with Crippen LogP contribution in [0.4, 0.5) is 0 Å². The average Bonchev–Trinajstić information content (AvgIpc) is 2.98. The Hall–Kier alpha value is -2.47. The van der Waals surface area contributed by atoms with Gasteiger partial charge in [0, 0.05) is 32.2 Å². The third-order valence-electron chi connectivity index (χ3n) is 4.97. The Kier molecular flexibility index (Phi) is 6.29. The minimum atomic E-state index is 0.340. The van der Waals surface area contributed by atoms with Gasteiger partial charge in [-0.15, -0.1) is 0 Å². The molecule has 0 atom stereocenters. The minimum absolute atomic E-state index is 0.340. The van der Waals surface area contributed by atoms with E-state index in [0.717, 1.165) is 65.4 Å². The smallest absolute Gasteiger partial charge is 0.222 e. The van der Waals surface area contributed by atoms with E-state index in [-0.39, 0.29) is 0 Å². The van der Waals surface area contributed by atoms with Gasteiger partial charge < -0.3 is 14.0 Å². The van der Waals surface area contributed by atoms with Crippen molar-refractivity contribution in [2.24, 2.45) is 0 Å². The first kappa shape index (κ1) is 20.3. The van der Waals surface area contributed by atoms with Gasteiger partial charge in [-0.25, -0.2) is 15.0 Å². The monoisotopic (exact) mass is 382 g/mol. The molecule has 0 aromatic carbocycles. The van der Waals surface area contributed by atoms with Gasteiger partial charge in [0.1, 0.15) is 5.52 Å². The molecule has 6 nitrogen and oxygen atoms in total. The SMILES string of the molecule is COCCCCn1cc(C)c2nc(-c3ccc(C(C)C)nc3OC)c(C)nc21. The van der Waals surface area contributed by atoms with Gasteiger partial charge >= 0.3 is 0 Å². The predicted molar refractivity (Wildman–Crippen MR) is 112 cm³/mol. The van der Waals surface area contributed by atoms with Crippen molar-refractivity contribution in [1.82, 2.24) is 19.5 Å². The van der Waals surface area contributed by atoms with Gasteiger partial charge in [0.15, 0.2) is 5.65 Å². The fraction of sp³-hybridized carbons (Fsp3) is 0.500. The molecule has 0 aliphatic heterocycles. The minimum Gasteiger partial charge on any atom is -0.480 e. The molecule has 28 heavy (non-hydrogen) atoms. The van der Waals surface area contributed by atoms with Gasteiger partial charge in [-0.3, -0.25) is 0 Å². The molecule has 0 aliphatic rings. The molecule has 3 aromatic heterocycles. The Labute approximate surface area is 166 Å². The van der Waals surface area contributed by atoms with Crippen LogP contribution in [0.5, 0.6) is 5.88 Å². The van der Waals surface area contributed by atoms with Crippen molar-refractivity contribution in [3.8, 4) is 17.1 Å². The van der Waals surface area contributed by atoms with Gasteiger partial charge in [0.05, 0.1) is 24.1 Å². The molecule has 0 amide bonds. The summed E-state index contributed by atoms with van der Waals surface area (Å²) in [6.07, 6.45) is 4.22. The Morgan fingerprint density at radius 3 is 2.50 bits per heavy atom. The van der Waals surface area contributed by atoms with E-state index in [4.69, 9.17) is 19.4 Å². The lowest BCUT2D eigenvalue weighted by Crippen LogP contribution is -2.03. The maximum Gasteiger partial charge on any atom is 0.222 e. The largest absolute Gasteiger partial charge is 0.480 e. The Bertz CT molecular complexity index is 963. The number of fused-ring (bicyclic) bond motifs is 1. The molecule has 0 spiro atoms. The number of methoxy groups -OCH3 is 2. The third-order valence-corrected chi connectivity index (χ3v) is 4.97. The van der Waals surface area contributed by atoms with Crippen molar-refractivity contribution in [3.05, 3.63) is 35.3 Å². The molecule has 150 valence electrons. The lowest BCUT2D eigenvalue weighted by Gasteiger charge is -2.13. The van der Waals surface area contributed by atoms with Gasteiger partial charge in [-0.05, 0) is 50.3 Å². The van der Waals surface area contributed by atoms with E-state index >= 15 is 0 Å². The van der Waals surface area contributed by atoms with Crippen LogP contribution in [0.1, 0.15) is 49.6 Å². The van der Waals surface area contributed by atoms with E-state index in [1.165, 1.54) is 0 Å². The van der Waals surface area contributed by atoms with Crippen LogP contribution < -0.4 is 4.74 Å². The lowest BCUT2D eigenvalue weighted by molar-refractivity contribution is 0.191. The highest BCUT2D eigenvalue weighted by atomic mass is 16.5. The van der Waals surface area contributed by atoms with E-state index in [9.17, 15) is 0 Å². The van der Waals surface area contributed by atoms with Crippen LogP contribution in [0, 0.1) is 13.8 Å². The van der Waals surface area contributed by atoms with Crippen LogP contribution in [0.15, 0.2) is 18.3 Å². The topological polar surface area (TPSA) is 62.1 Å². The summed E-state index contributed by atoms with van der Waals surface area (Å²) in [5, 5.41) is 0. The quantitative estimate of drug-likeness (QED) is 0.530. The fourth-order valence-corrected chi connectivity index (χ4v) is 3.39. The summed E-state index contributed by atoms with van der Waals surface area (Å²) in [7, 11) is 3.39. The number of pyridine rings is 1. The summed E-state index contributed by atoms with van der Waals surface area (Å²) in [6.45, 7) is 10.0. The molecule has 0 fully saturated rings. The molecular weight excluding hydrogens is 352 g/mol. The standard InChI is InChI=1S/C22H30N4O2/c1-14(2)18-10-9-17(22(24-18)28-6)20-16(4)23-21-19(25-20)15(3)13-26(21)11-7-8-12-27-5/h9-10,13-14H,7-8,11-12H2,1-6H3. The highest BCUT2D eigenvalue weighted by Gasteiger charge is 2.18. The molecular formula is C22H30N4O2. The molecule has 0 N–H and O–H groups in total. The Morgan fingerprint density at radius 1 is 1.04 bits per heavy atom. The highest BCUT2D eigenvalue weighted by molar-refractivity contribution is 5.80. The first-order valence-corrected chi connectivity index (χ1v) is 9.84. The number of aromatic nitrogens is 4. The number of hydrogen-bond donors (Lipinski definition) is 0. The van der Waals surface area contributed by atoms with Crippen molar-refractivity contribution in [3.63, 3.8) is 0 Å². The van der Waals surface area contributed by atoms with E-state index < -0.39 is 0 Å². The molecule has 6 heteroatoms. The van der Waals surface area contributed by atoms with Crippen molar-refractivity contribution < 1.29 is 9.47 Å². The van der Waals surface area contributed by atoms with Crippen LogP contribution in [0.25, 0.3) is 22.4 Å². The zero-order valence-electron chi connectivity index (χ0n) is 17.7. The predicted octanol–water partition coefficient (Wildman–Crippen LogP) is 4.67. The van der Waals surface area contributed by atoms with Crippen molar-refractivity contribution in [2.75, 3.05) is 20.8 Å². The fourth-order valence-electron chi connectivity index (χ4n) is 3.39. The van der Waals surface area contributed by atoms with E-state index in [1.54, 1.807) is 14.2 Å². The molecule has 0 unspecified atom stereocenters.